The first-order valence-corrected chi connectivity index (χ1v) is 8.92. The predicted octanol–water partition coefficient (Wildman–Crippen LogP) is 4.59. The summed E-state index contributed by atoms with van der Waals surface area (Å²) in [6.45, 7) is 0. The molecule has 0 saturated heterocycles. The largest absolute Gasteiger partial charge is 0.325 e. The van der Waals surface area contributed by atoms with Gasteiger partial charge in [0.2, 0.25) is 5.91 Å². The zero-order chi connectivity index (χ0) is 17.1. The van der Waals surface area contributed by atoms with Crippen molar-refractivity contribution in [1.82, 2.24) is 4.98 Å². The molecular weight excluding hydrogens is 370 g/mol. The van der Waals surface area contributed by atoms with Gasteiger partial charge in [-0.3, -0.25) is 14.9 Å². The number of thiazole rings is 1. The lowest BCUT2D eigenvalue weighted by atomic mass is 10.3. The first-order chi connectivity index (χ1) is 11.5. The summed E-state index contributed by atoms with van der Waals surface area (Å²) >= 11 is 8.72. The van der Waals surface area contributed by atoms with Gasteiger partial charge in [0.15, 0.2) is 4.34 Å². The van der Waals surface area contributed by atoms with E-state index < -0.39 is 4.92 Å². The van der Waals surface area contributed by atoms with Crippen molar-refractivity contribution in [3.8, 4) is 0 Å². The Morgan fingerprint density at radius 3 is 2.96 bits per heavy atom. The molecule has 0 unspecified atom stereocenters. The van der Waals surface area contributed by atoms with Crippen LogP contribution in [-0.2, 0) is 4.79 Å². The molecule has 122 valence electrons. The van der Waals surface area contributed by atoms with Crippen LogP contribution in [0.3, 0.4) is 0 Å². The Labute approximate surface area is 150 Å². The minimum Gasteiger partial charge on any atom is -0.325 e. The maximum Gasteiger partial charge on any atom is 0.271 e. The number of rotatable bonds is 5. The molecule has 3 rings (SSSR count). The average molecular weight is 380 g/mol. The summed E-state index contributed by atoms with van der Waals surface area (Å²) in [6, 6.07) is 11.3. The molecule has 3 aromatic rings. The molecule has 0 bridgehead atoms. The number of carbonyl (C=O) groups excluding carboxylic acids is 1. The summed E-state index contributed by atoms with van der Waals surface area (Å²) in [5.41, 5.74) is 1.13. The quantitative estimate of drug-likeness (QED) is 0.398. The first-order valence-electron chi connectivity index (χ1n) is 6.74. The molecule has 0 atom stereocenters. The molecule has 0 radical (unpaired) electrons. The Balaban J connectivity index is 1.62. The third-order valence-corrected chi connectivity index (χ3v) is 5.41. The highest BCUT2D eigenvalue weighted by Gasteiger charge is 2.10. The average Bonchev–Trinajstić information content (AvgIpc) is 2.95. The maximum absolute atomic E-state index is 12.0. The number of hydrogen-bond acceptors (Lipinski definition) is 6. The van der Waals surface area contributed by atoms with E-state index in [0.717, 1.165) is 14.6 Å². The molecule has 0 spiro atoms. The van der Waals surface area contributed by atoms with Gasteiger partial charge in [-0.2, -0.15) is 0 Å². The molecule has 1 amide bonds. The number of nitrogens with zero attached hydrogens (tertiary/aromatic N) is 2. The van der Waals surface area contributed by atoms with Crippen LogP contribution in [0.2, 0.25) is 5.02 Å². The van der Waals surface area contributed by atoms with Gasteiger partial charge in [-0.25, -0.2) is 4.98 Å². The molecule has 0 aliphatic rings. The Hall–Kier alpha value is -2.16. The SMILES string of the molecule is O=C(CSc1nc2cc(Cl)ccc2s1)Nc1cccc([N+](=O)[O-])c1. The van der Waals surface area contributed by atoms with Crippen molar-refractivity contribution < 1.29 is 9.72 Å². The van der Waals surface area contributed by atoms with Crippen molar-refractivity contribution in [2.24, 2.45) is 0 Å². The number of nitrogens with one attached hydrogen (secondary N) is 1. The Morgan fingerprint density at radius 1 is 1.33 bits per heavy atom. The Kier molecular flexibility index (Phi) is 4.98. The number of hydrogen-bond donors (Lipinski definition) is 1. The van der Waals surface area contributed by atoms with E-state index in [1.54, 1.807) is 18.2 Å². The van der Waals surface area contributed by atoms with Crippen molar-refractivity contribution in [3.63, 3.8) is 0 Å². The second kappa shape index (κ2) is 7.16. The molecule has 1 N–H and O–H groups in total. The van der Waals surface area contributed by atoms with Gasteiger partial charge in [0.1, 0.15) is 0 Å². The Morgan fingerprint density at radius 2 is 2.17 bits per heavy atom. The van der Waals surface area contributed by atoms with E-state index in [1.807, 2.05) is 6.07 Å². The van der Waals surface area contributed by atoms with Crippen LogP contribution >= 0.6 is 34.7 Å². The number of fused-ring (bicyclic) bond motifs is 1. The lowest BCUT2D eigenvalue weighted by Crippen LogP contribution is -2.13. The summed E-state index contributed by atoms with van der Waals surface area (Å²) in [5.74, 6) is -0.0891. The number of nitro groups is 1. The van der Waals surface area contributed by atoms with Crippen LogP contribution in [0.5, 0.6) is 0 Å². The predicted molar refractivity (Wildman–Crippen MR) is 97.1 cm³/mol. The smallest absolute Gasteiger partial charge is 0.271 e. The number of non-ortho nitro benzene ring substituents is 1. The van der Waals surface area contributed by atoms with Gasteiger partial charge in [0.25, 0.3) is 5.69 Å². The van der Waals surface area contributed by atoms with E-state index in [2.05, 4.69) is 10.3 Å². The van der Waals surface area contributed by atoms with Gasteiger partial charge < -0.3 is 5.32 Å². The molecule has 0 aliphatic carbocycles. The number of amides is 1. The van der Waals surface area contributed by atoms with Gasteiger partial charge in [0.05, 0.1) is 20.9 Å². The molecular formula is C15H10ClN3O3S2. The third-order valence-electron chi connectivity index (χ3n) is 3.00. The van der Waals surface area contributed by atoms with Crippen molar-refractivity contribution in [2.45, 2.75) is 4.34 Å². The topological polar surface area (TPSA) is 85.1 Å². The van der Waals surface area contributed by atoms with Crippen LogP contribution in [-0.4, -0.2) is 21.6 Å². The van der Waals surface area contributed by atoms with Gasteiger partial charge in [0, 0.05) is 22.8 Å². The second-order valence-electron chi connectivity index (χ2n) is 4.74. The van der Waals surface area contributed by atoms with E-state index in [-0.39, 0.29) is 17.3 Å². The van der Waals surface area contributed by atoms with Gasteiger partial charge in [-0.1, -0.05) is 29.4 Å². The molecule has 1 heterocycles. The second-order valence-corrected chi connectivity index (χ2v) is 7.43. The van der Waals surface area contributed by atoms with Crippen molar-refractivity contribution >= 4 is 62.2 Å². The molecule has 0 aliphatic heterocycles. The molecule has 24 heavy (non-hydrogen) atoms. The van der Waals surface area contributed by atoms with Crippen LogP contribution < -0.4 is 5.32 Å². The fourth-order valence-electron chi connectivity index (χ4n) is 1.96. The number of benzene rings is 2. The number of thioether (sulfide) groups is 1. The van der Waals surface area contributed by atoms with Crippen molar-refractivity contribution in [1.29, 1.82) is 0 Å². The van der Waals surface area contributed by atoms with E-state index in [9.17, 15) is 14.9 Å². The normalized spacial score (nSPS) is 10.7. The molecule has 0 saturated carbocycles. The third kappa shape index (κ3) is 4.02. The summed E-state index contributed by atoms with van der Waals surface area (Å²) in [6.07, 6.45) is 0. The number of carbonyl (C=O) groups is 1. The summed E-state index contributed by atoms with van der Waals surface area (Å²) < 4.78 is 1.77. The maximum atomic E-state index is 12.0. The fraction of sp³-hybridized carbons (Fsp3) is 0.0667. The standard InChI is InChI=1S/C15H10ClN3O3S2/c16-9-4-5-13-12(6-9)18-15(24-13)23-8-14(20)17-10-2-1-3-11(7-10)19(21)22/h1-7H,8H2,(H,17,20). The summed E-state index contributed by atoms with van der Waals surface area (Å²) in [5, 5.41) is 14.0. The van der Waals surface area contributed by atoms with Crippen LogP contribution in [0.4, 0.5) is 11.4 Å². The van der Waals surface area contributed by atoms with E-state index in [4.69, 9.17) is 11.6 Å². The van der Waals surface area contributed by atoms with E-state index >= 15 is 0 Å². The van der Waals surface area contributed by atoms with Gasteiger partial charge >= 0.3 is 0 Å². The number of nitro benzene ring substituents is 1. The number of halogens is 1. The van der Waals surface area contributed by atoms with Crippen LogP contribution in [0, 0.1) is 10.1 Å². The van der Waals surface area contributed by atoms with Crippen molar-refractivity contribution in [2.75, 3.05) is 11.1 Å². The number of aromatic nitrogens is 1. The monoisotopic (exact) mass is 379 g/mol. The Bertz CT molecular complexity index is 929. The zero-order valence-corrected chi connectivity index (χ0v) is 14.5. The summed E-state index contributed by atoms with van der Waals surface area (Å²) in [4.78, 5) is 26.6. The lowest BCUT2D eigenvalue weighted by Gasteiger charge is -2.03. The first kappa shape index (κ1) is 16.7. The van der Waals surface area contributed by atoms with Crippen molar-refractivity contribution in [3.05, 3.63) is 57.6 Å². The van der Waals surface area contributed by atoms with Crippen LogP contribution in [0.1, 0.15) is 0 Å². The molecule has 6 nitrogen and oxygen atoms in total. The van der Waals surface area contributed by atoms with Crippen LogP contribution in [0.25, 0.3) is 10.2 Å². The highest BCUT2D eigenvalue weighted by Crippen LogP contribution is 2.31. The minimum atomic E-state index is -0.503. The number of anilines is 1. The minimum absolute atomic E-state index is 0.0662. The fourth-order valence-corrected chi connectivity index (χ4v) is 3.98. The molecule has 1 aromatic heterocycles. The van der Waals surface area contributed by atoms with E-state index in [1.165, 1.54) is 41.3 Å². The summed E-state index contributed by atoms with van der Waals surface area (Å²) in [7, 11) is 0. The zero-order valence-electron chi connectivity index (χ0n) is 12.1. The highest BCUT2D eigenvalue weighted by molar-refractivity contribution is 8.01. The van der Waals surface area contributed by atoms with Crippen LogP contribution in [0.15, 0.2) is 46.8 Å². The van der Waals surface area contributed by atoms with Gasteiger partial charge in [-0.15, -0.1) is 11.3 Å². The van der Waals surface area contributed by atoms with Gasteiger partial charge in [-0.05, 0) is 24.3 Å². The highest BCUT2D eigenvalue weighted by atomic mass is 35.5. The lowest BCUT2D eigenvalue weighted by molar-refractivity contribution is -0.384. The molecule has 2 aromatic carbocycles. The molecule has 9 heteroatoms. The molecule has 0 fully saturated rings. The van der Waals surface area contributed by atoms with E-state index in [0.29, 0.717) is 10.7 Å².